The van der Waals surface area contributed by atoms with Crippen LogP contribution >= 0.6 is 23.2 Å². The number of benzene rings is 1. The Morgan fingerprint density at radius 3 is 2.74 bits per heavy atom. The van der Waals surface area contributed by atoms with Gasteiger partial charge in [-0.3, -0.25) is 0 Å². The number of para-hydroxylation sites is 1. The minimum atomic E-state index is 0.453. The number of nitrogens with one attached hydrogen (secondary N) is 2. The van der Waals surface area contributed by atoms with Crippen molar-refractivity contribution in [2.24, 2.45) is 0 Å². The first kappa shape index (κ1) is 12.3. The quantitative estimate of drug-likeness (QED) is 0.699. The molecule has 3 nitrogen and oxygen atoms in total. The summed E-state index contributed by atoms with van der Waals surface area (Å²) in [6, 6.07) is 11.7. The van der Waals surface area contributed by atoms with Crippen molar-refractivity contribution in [3.05, 3.63) is 58.5 Å². The molecule has 0 spiro atoms. The van der Waals surface area contributed by atoms with E-state index in [1.54, 1.807) is 6.20 Å². The fourth-order valence-corrected chi connectivity index (χ4v) is 2.45. The number of halogens is 2. The predicted molar refractivity (Wildman–Crippen MR) is 79.9 cm³/mol. The van der Waals surface area contributed by atoms with Crippen LogP contribution in [0.1, 0.15) is 5.69 Å². The summed E-state index contributed by atoms with van der Waals surface area (Å²) in [5, 5.41) is 5.44. The van der Waals surface area contributed by atoms with Gasteiger partial charge in [-0.2, -0.15) is 0 Å². The van der Waals surface area contributed by atoms with Crippen molar-refractivity contribution in [1.29, 1.82) is 0 Å². The average molecular weight is 292 g/mol. The van der Waals surface area contributed by atoms with Crippen LogP contribution in [0.15, 0.2) is 42.6 Å². The van der Waals surface area contributed by atoms with E-state index in [1.165, 1.54) is 0 Å². The smallest absolute Gasteiger partial charge is 0.152 e. The Bertz CT molecular complexity index is 722. The van der Waals surface area contributed by atoms with Gasteiger partial charge in [0.05, 0.1) is 22.9 Å². The lowest BCUT2D eigenvalue weighted by Gasteiger charge is -2.06. The molecule has 1 aromatic carbocycles. The number of hydrogen-bond acceptors (Lipinski definition) is 2. The molecule has 0 atom stereocenters. The molecule has 19 heavy (non-hydrogen) atoms. The van der Waals surface area contributed by atoms with Crippen LogP contribution in [0, 0.1) is 0 Å². The third kappa shape index (κ3) is 2.39. The first-order chi connectivity index (χ1) is 9.25. The second-order valence-corrected chi connectivity index (χ2v) is 4.89. The fourth-order valence-electron chi connectivity index (χ4n) is 1.99. The van der Waals surface area contributed by atoms with E-state index in [0.29, 0.717) is 11.7 Å². The number of anilines is 1. The molecule has 2 N–H and O–H groups in total. The van der Waals surface area contributed by atoms with Crippen LogP contribution in [0.5, 0.6) is 0 Å². The molecule has 3 rings (SSSR count). The molecular weight excluding hydrogens is 281 g/mol. The summed E-state index contributed by atoms with van der Waals surface area (Å²) < 4.78 is 0. The molecule has 96 valence electrons. The Kier molecular flexibility index (Phi) is 3.32. The summed E-state index contributed by atoms with van der Waals surface area (Å²) >= 11 is 12.3. The molecule has 0 aliphatic carbocycles. The molecule has 0 amide bonds. The molecule has 2 heterocycles. The highest BCUT2D eigenvalue weighted by Crippen LogP contribution is 2.28. The zero-order valence-electron chi connectivity index (χ0n) is 9.95. The molecule has 5 heteroatoms. The molecular formula is C14H11Cl2N3. The number of fused-ring (bicyclic) bond motifs is 1. The van der Waals surface area contributed by atoms with Crippen LogP contribution in [0.2, 0.25) is 10.2 Å². The number of H-pyrrole nitrogens is 1. The summed E-state index contributed by atoms with van der Waals surface area (Å²) in [5.74, 6) is 0. The van der Waals surface area contributed by atoms with Gasteiger partial charge in [0, 0.05) is 17.1 Å². The van der Waals surface area contributed by atoms with E-state index >= 15 is 0 Å². The lowest BCUT2D eigenvalue weighted by atomic mass is 10.2. The van der Waals surface area contributed by atoms with Crippen LogP contribution in [-0.2, 0) is 6.54 Å². The number of aromatic nitrogens is 2. The van der Waals surface area contributed by atoms with Crippen molar-refractivity contribution >= 4 is 39.8 Å². The van der Waals surface area contributed by atoms with Gasteiger partial charge in [0.15, 0.2) is 5.15 Å². The van der Waals surface area contributed by atoms with Gasteiger partial charge in [-0.1, -0.05) is 41.4 Å². The third-order valence-electron chi connectivity index (χ3n) is 2.93. The van der Waals surface area contributed by atoms with Crippen LogP contribution in [-0.4, -0.2) is 9.97 Å². The summed E-state index contributed by atoms with van der Waals surface area (Å²) in [6.07, 6.45) is 1.66. The second-order valence-electron chi connectivity index (χ2n) is 4.16. The van der Waals surface area contributed by atoms with E-state index in [9.17, 15) is 0 Å². The minimum Gasteiger partial charge on any atom is -0.377 e. The highest BCUT2D eigenvalue weighted by molar-refractivity contribution is 6.36. The van der Waals surface area contributed by atoms with Gasteiger partial charge in [0.25, 0.3) is 0 Å². The van der Waals surface area contributed by atoms with Gasteiger partial charge >= 0.3 is 0 Å². The van der Waals surface area contributed by atoms with Crippen molar-refractivity contribution in [2.75, 3.05) is 5.32 Å². The van der Waals surface area contributed by atoms with Crippen molar-refractivity contribution in [2.45, 2.75) is 6.54 Å². The fraction of sp³-hybridized carbons (Fsp3) is 0.0714. The lowest BCUT2D eigenvalue weighted by molar-refractivity contribution is 1.08. The number of pyridine rings is 1. The Morgan fingerprint density at radius 2 is 1.95 bits per heavy atom. The number of rotatable bonds is 3. The maximum absolute atomic E-state index is 6.34. The lowest BCUT2D eigenvalue weighted by Crippen LogP contribution is -2.01. The highest BCUT2D eigenvalue weighted by Gasteiger charge is 2.09. The van der Waals surface area contributed by atoms with E-state index in [2.05, 4.69) is 15.3 Å². The van der Waals surface area contributed by atoms with E-state index in [-0.39, 0.29) is 0 Å². The Labute approximate surface area is 120 Å². The molecule has 0 fully saturated rings. The summed E-state index contributed by atoms with van der Waals surface area (Å²) in [6.45, 7) is 0.568. The standard InChI is InChI=1S/C14H11Cl2N3/c15-13-9-4-1-2-5-10(9)19-12(13)8-18-11-6-3-7-17-14(11)16/h1-7,18-19H,8H2. The van der Waals surface area contributed by atoms with E-state index < -0.39 is 0 Å². The molecule has 0 aliphatic rings. The van der Waals surface area contributed by atoms with Gasteiger partial charge in [-0.25, -0.2) is 4.98 Å². The Balaban J connectivity index is 1.86. The summed E-state index contributed by atoms with van der Waals surface area (Å²) in [4.78, 5) is 7.31. The van der Waals surface area contributed by atoms with E-state index in [4.69, 9.17) is 23.2 Å². The van der Waals surface area contributed by atoms with Crippen LogP contribution in [0.4, 0.5) is 5.69 Å². The number of aromatic amines is 1. The summed E-state index contributed by atoms with van der Waals surface area (Å²) in [5.41, 5.74) is 2.75. The molecule has 0 saturated carbocycles. The normalized spacial score (nSPS) is 10.8. The second kappa shape index (κ2) is 5.11. The van der Waals surface area contributed by atoms with Crippen molar-refractivity contribution in [1.82, 2.24) is 9.97 Å². The Morgan fingerprint density at radius 1 is 1.11 bits per heavy atom. The monoisotopic (exact) mass is 291 g/mol. The zero-order chi connectivity index (χ0) is 13.2. The van der Waals surface area contributed by atoms with Crippen molar-refractivity contribution < 1.29 is 0 Å². The average Bonchev–Trinajstić information content (AvgIpc) is 2.75. The number of nitrogens with zero attached hydrogens (tertiary/aromatic N) is 1. The minimum absolute atomic E-state index is 0.453. The molecule has 0 aliphatic heterocycles. The van der Waals surface area contributed by atoms with Crippen LogP contribution < -0.4 is 5.32 Å². The van der Waals surface area contributed by atoms with Crippen molar-refractivity contribution in [3.8, 4) is 0 Å². The van der Waals surface area contributed by atoms with Gasteiger partial charge in [-0.15, -0.1) is 0 Å². The van der Waals surface area contributed by atoms with Gasteiger partial charge in [0.2, 0.25) is 0 Å². The predicted octanol–water partition coefficient (Wildman–Crippen LogP) is 4.48. The highest BCUT2D eigenvalue weighted by atomic mass is 35.5. The molecule has 0 unspecified atom stereocenters. The maximum atomic E-state index is 6.34. The van der Waals surface area contributed by atoms with Crippen molar-refractivity contribution in [3.63, 3.8) is 0 Å². The van der Waals surface area contributed by atoms with Crippen LogP contribution in [0.3, 0.4) is 0 Å². The topological polar surface area (TPSA) is 40.7 Å². The molecule has 0 saturated heterocycles. The Hall–Kier alpha value is -1.71. The maximum Gasteiger partial charge on any atom is 0.152 e. The third-order valence-corrected chi connectivity index (χ3v) is 3.66. The molecule has 0 bridgehead atoms. The molecule has 2 aromatic heterocycles. The van der Waals surface area contributed by atoms with Gasteiger partial charge in [0.1, 0.15) is 0 Å². The van der Waals surface area contributed by atoms with Gasteiger partial charge in [-0.05, 0) is 18.2 Å². The van der Waals surface area contributed by atoms with Crippen LogP contribution in [0.25, 0.3) is 10.9 Å². The first-order valence-electron chi connectivity index (χ1n) is 5.85. The molecule has 3 aromatic rings. The summed E-state index contributed by atoms with van der Waals surface area (Å²) in [7, 11) is 0. The molecule has 0 radical (unpaired) electrons. The van der Waals surface area contributed by atoms with E-state index in [1.807, 2.05) is 36.4 Å². The number of hydrogen-bond donors (Lipinski definition) is 2. The van der Waals surface area contributed by atoms with E-state index in [0.717, 1.165) is 27.3 Å². The first-order valence-corrected chi connectivity index (χ1v) is 6.61. The largest absolute Gasteiger partial charge is 0.377 e. The van der Waals surface area contributed by atoms with Gasteiger partial charge < -0.3 is 10.3 Å². The SMILES string of the molecule is Clc1ncccc1NCc1[nH]c2ccccc2c1Cl. The zero-order valence-corrected chi connectivity index (χ0v) is 11.5.